The summed E-state index contributed by atoms with van der Waals surface area (Å²) in [6, 6.07) is 15.8. The number of para-hydroxylation sites is 2. The van der Waals surface area contributed by atoms with Crippen LogP contribution in [0.2, 0.25) is 0 Å². The summed E-state index contributed by atoms with van der Waals surface area (Å²) < 4.78 is 5.82. The lowest BCUT2D eigenvalue weighted by atomic mass is 9.49. The lowest BCUT2D eigenvalue weighted by molar-refractivity contribution is -0.140. The largest absolute Gasteiger partial charge is 0.492 e. The summed E-state index contributed by atoms with van der Waals surface area (Å²) in [4.78, 5) is 28.3. The first kappa shape index (κ1) is 22.0. The Labute approximate surface area is 205 Å². The number of hydrogen-bond donors (Lipinski definition) is 1. The first-order valence-corrected chi connectivity index (χ1v) is 13.7. The van der Waals surface area contributed by atoms with E-state index in [1.165, 1.54) is 19.3 Å². The predicted octanol–water partition coefficient (Wildman–Crippen LogP) is 6.02. The van der Waals surface area contributed by atoms with Gasteiger partial charge in [0.15, 0.2) is 0 Å². The van der Waals surface area contributed by atoms with Crippen LogP contribution in [0.3, 0.4) is 0 Å². The number of nitrogens with zero attached hydrogens (tertiary/aromatic N) is 1. The second-order valence-electron chi connectivity index (χ2n) is 10.6. The summed E-state index contributed by atoms with van der Waals surface area (Å²) in [6.45, 7) is 2.49. The predicted molar refractivity (Wildman–Crippen MR) is 136 cm³/mol. The number of thioether (sulfide) groups is 1. The zero-order valence-corrected chi connectivity index (χ0v) is 20.5. The monoisotopic (exact) mass is 476 g/mol. The Bertz CT molecular complexity index is 1080. The lowest BCUT2D eigenvalue weighted by Gasteiger charge is -2.55. The molecule has 1 heterocycles. The Hall–Kier alpha value is -2.47. The van der Waals surface area contributed by atoms with Crippen LogP contribution in [0.15, 0.2) is 48.5 Å². The van der Waals surface area contributed by atoms with Crippen molar-refractivity contribution in [2.75, 3.05) is 22.6 Å². The van der Waals surface area contributed by atoms with E-state index in [1.54, 1.807) is 11.8 Å². The van der Waals surface area contributed by atoms with Gasteiger partial charge >= 0.3 is 0 Å². The van der Waals surface area contributed by atoms with E-state index in [0.717, 1.165) is 59.7 Å². The van der Waals surface area contributed by atoms with Crippen molar-refractivity contribution in [2.45, 2.75) is 50.8 Å². The van der Waals surface area contributed by atoms with E-state index in [4.69, 9.17) is 4.74 Å². The summed E-state index contributed by atoms with van der Waals surface area (Å²) in [6.07, 6.45) is 7.15. The number of ether oxygens (including phenoxy) is 1. The quantitative estimate of drug-likeness (QED) is 0.554. The highest BCUT2D eigenvalue weighted by Gasteiger charge is 2.54. The second kappa shape index (κ2) is 8.63. The van der Waals surface area contributed by atoms with Crippen molar-refractivity contribution in [3.8, 4) is 5.75 Å². The van der Waals surface area contributed by atoms with Gasteiger partial charge in [0.1, 0.15) is 11.1 Å². The molecule has 2 aromatic rings. The van der Waals surface area contributed by atoms with Gasteiger partial charge < -0.3 is 10.1 Å². The minimum Gasteiger partial charge on any atom is -0.492 e. The van der Waals surface area contributed by atoms with E-state index in [2.05, 4.69) is 5.32 Å². The van der Waals surface area contributed by atoms with Crippen LogP contribution in [0, 0.1) is 23.2 Å². The molecule has 4 bridgehead atoms. The highest BCUT2D eigenvalue weighted by atomic mass is 32.2. The molecule has 4 saturated carbocycles. The fourth-order valence-corrected chi connectivity index (χ4v) is 8.45. The number of carbonyl (C=O) groups is 2. The first-order valence-electron chi connectivity index (χ1n) is 12.6. The van der Waals surface area contributed by atoms with Gasteiger partial charge in [-0.05, 0) is 93.0 Å². The highest BCUT2D eigenvalue weighted by molar-refractivity contribution is 8.00. The Kier molecular flexibility index (Phi) is 5.59. The second-order valence-corrected chi connectivity index (χ2v) is 11.7. The van der Waals surface area contributed by atoms with E-state index in [-0.39, 0.29) is 22.6 Å². The van der Waals surface area contributed by atoms with Crippen LogP contribution in [0.4, 0.5) is 11.4 Å². The van der Waals surface area contributed by atoms with Gasteiger partial charge in [-0.3, -0.25) is 14.5 Å². The van der Waals surface area contributed by atoms with Crippen molar-refractivity contribution in [3.63, 3.8) is 0 Å². The van der Waals surface area contributed by atoms with E-state index in [9.17, 15) is 9.59 Å². The van der Waals surface area contributed by atoms with Gasteiger partial charge in [0.2, 0.25) is 11.8 Å². The minimum atomic E-state index is -0.175. The van der Waals surface area contributed by atoms with Gasteiger partial charge in [-0.25, -0.2) is 0 Å². The highest BCUT2D eigenvalue weighted by Crippen LogP contribution is 2.60. The smallest absolute Gasteiger partial charge is 0.238 e. The van der Waals surface area contributed by atoms with Gasteiger partial charge in [0, 0.05) is 5.69 Å². The fraction of sp³-hybridized carbons (Fsp3) is 0.500. The Morgan fingerprint density at radius 1 is 1.06 bits per heavy atom. The zero-order valence-electron chi connectivity index (χ0n) is 19.7. The molecule has 0 spiro atoms. The van der Waals surface area contributed by atoms with E-state index in [0.29, 0.717) is 12.4 Å². The number of rotatable bonds is 6. The molecule has 34 heavy (non-hydrogen) atoms. The average molecular weight is 477 g/mol. The molecule has 2 aromatic carbocycles. The van der Waals surface area contributed by atoms with Gasteiger partial charge in [-0.15, -0.1) is 11.8 Å². The fourth-order valence-electron chi connectivity index (χ4n) is 7.29. The van der Waals surface area contributed by atoms with Crippen molar-refractivity contribution in [3.05, 3.63) is 54.1 Å². The van der Waals surface area contributed by atoms with Crippen LogP contribution in [0.25, 0.3) is 0 Å². The molecular weight excluding hydrogens is 444 g/mol. The summed E-state index contributed by atoms with van der Waals surface area (Å²) >= 11 is 1.62. The topological polar surface area (TPSA) is 58.6 Å². The molecule has 1 aliphatic heterocycles. The van der Waals surface area contributed by atoms with Gasteiger partial charge in [0.05, 0.1) is 23.5 Å². The molecule has 7 rings (SSSR count). The van der Waals surface area contributed by atoms with Gasteiger partial charge in [-0.2, -0.15) is 0 Å². The van der Waals surface area contributed by atoms with Crippen molar-refractivity contribution in [1.29, 1.82) is 0 Å². The van der Waals surface area contributed by atoms with Gasteiger partial charge in [-0.1, -0.05) is 24.3 Å². The average Bonchev–Trinajstić information content (AvgIpc) is 3.20. The van der Waals surface area contributed by atoms with Crippen LogP contribution in [-0.4, -0.2) is 24.2 Å². The van der Waals surface area contributed by atoms with Crippen LogP contribution >= 0.6 is 11.8 Å². The van der Waals surface area contributed by atoms with Crippen molar-refractivity contribution < 1.29 is 14.3 Å². The van der Waals surface area contributed by atoms with Crippen molar-refractivity contribution in [2.24, 2.45) is 23.2 Å². The standard InChI is InChI=1S/C28H32N2O3S/c1-2-33-24-9-4-3-8-23(24)30-25(31)17-34-26(30)21-6-5-7-22(13-21)29-27(32)28-14-18-10-19(15-28)12-20(11-18)16-28/h3-9,13,18-20,26H,2,10-12,14-17H2,1H3,(H,29,32). The number of anilines is 2. The molecule has 178 valence electrons. The lowest BCUT2D eigenvalue weighted by Crippen LogP contribution is -2.51. The molecule has 6 heteroatoms. The molecule has 5 nitrogen and oxygen atoms in total. The van der Waals surface area contributed by atoms with Gasteiger partial charge in [0.25, 0.3) is 0 Å². The molecule has 0 aromatic heterocycles. The Morgan fingerprint density at radius 3 is 2.47 bits per heavy atom. The number of nitrogens with one attached hydrogen (secondary N) is 1. The zero-order chi connectivity index (χ0) is 23.3. The number of hydrogen-bond acceptors (Lipinski definition) is 4. The SMILES string of the molecule is CCOc1ccccc1N1C(=O)CSC1c1cccc(NC(=O)C23CC4CC(CC(C4)C2)C3)c1. The normalized spacial score (nSPS) is 31.7. The van der Waals surface area contributed by atoms with Crippen LogP contribution in [-0.2, 0) is 9.59 Å². The number of amides is 2. The molecule has 5 fully saturated rings. The molecule has 4 aliphatic carbocycles. The number of benzene rings is 2. The van der Waals surface area contributed by atoms with E-state index in [1.807, 2.05) is 60.4 Å². The maximum absolute atomic E-state index is 13.6. The maximum atomic E-state index is 13.6. The molecule has 0 radical (unpaired) electrons. The van der Waals surface area contributed by atoms with Crippen molar-refractivity contribution >= 4 is 35.0 Å². The third-order valence-corrected chi connectivity index (χ3v) is 9.45. The van der Waals surface area contributed by atoms with Crippen molar-refractivity contribution in [1.82, 2.24) is 0 Å². The Balaban J connectivity index is 1.25. The van der Waals surface area contributed by atoms with E-state index < -0.39 is 0 Å². The van der Waals surface area contributed by atoms with Crippen LogP contribution in [0.1, 0.15) is 56.4 Å². The third-order valence-electron chi connectivity index (χ3n) is 8.24. The molecule has 2 amide bonds. The molecular formula is C28H32N2O3S. The Morgan fingerprint density at radius 2 is 1.76 bits per heavy atom. The first-order chi connectivity index (χ1) is 16.5. The minimum absolute atomic E-state index is 0.0742. The molecule has 1 atom stereocenters. The summed E-state index contributed by atoms with van der Waals surface area (Å²) in [5.74, 6) is 3.64. The summed E-state index contributed by atoms with van der Waals surface area (Å²) in [5.41, 5.74) is 2.47. The molecule has 1 saturated heterocycles. The summed E-state index contributed by atoms with van der Waals surface area (Å²) in [7, 11) is 0. The van der Waals surface area contributed by atoms with Crippen LogP contribution in [0.5, 0.6) is 5.75 Å². The summed E-state index contributed by atoms with van der Waals surface area (Å²) in [5, 5.41) is 3.14. The maximum Gasteiger partial charge on any atom is 0.238 e. The molecule has 1 unspecified atom stereocenters. The molecule has 5 aliphatic rings. The number of carbonyl (C=O) groups excluding carboxylic acids is 2. The van der Waals surface area contributed by atoms with Crippen LogP contribution < -0.4 is 15.0 Å². The van der Waals surface area contributed by atoms with E-state index >= 15 is 0 Å². The third kappa shape index (κ3) is 3.80. The molecule has 1 N–H and O–H groups in total.